The third-order valence-electron chi connectivity index (χ3n) is 4.65. The van der Waals surface area contributed by atoms with Crippen molar-refractivity contribution in [3.05, 3.63) is 64.7 Å². The monoisotopic (exact) mass is 480 g/mol. The van der Waals surface area contributed by atoms with Gasteiger partial charge in [0.15, 0.2) is 0 Å². The second-order valence-corrected chi connectivity index (χ2v) is 7.61. The van der Waals surface area contributed by atoms with Gasteiger partial charge in [-0.25, -0.2) is 15.0 Å². The van der Waals surface area contributed by atoms with E-state index in [0.29, 0.717) is 46.2 Å². The Kier molecular flexibility index (Phi) is 6.88. The van der Waals surface area contributed by atoms with Crippen LogP contribution in [0, 0.1) is 11.3 Å². The number of methoxy groups -OCH3 is 1. The van der Waals surface area contributed by atoms with E-state index in [1.165, 1.54) is 7.11 Å². The molecule has 0 fully saturated rings. The molecule has 4 rings (SSSR count). The second-order valence-electron chi connectivity index (χ2n) is 6.76. The molecule has 0 radical (unpaired) electrons. The van der Waals surface area contributed by atoms with Crippen LogP contribution in [0.25, 0.3) is 22.5 Å². The van der Waals surface area contributed by atoms with Crippen molar-refractivity contribution in [1.82, 2.24) is 24.9 Å². The van der Waals surface area contributed by atoms with Gasteiger partial charge in [0.1, 0.15) is 17.5 Å². The number of aromatic amines is 1. The highest BCUT2D eigenvalue weighted by Crippen LogP contribution is 2.35. The number of rotatable bonds is 8. The van der Waals surface area contributed by atoms with Crippen molar-refractivity contribution in [2.24, 2.45) is 0 Å². The molecule has 0 unspecified atom stereocenters. The summed E-state index contributed by atoms with van der Waals surface area (Å²) in [5, 5.41) is 16.4. The number of benzene rings is 1. The molecule has 0 atom stereocenters. The number of halogens is 2. The number of imidazole rings is 1. The number of ether oxygens (including phenoxy) is 1. The molecule has 0 saturated carbocycles. The van der Waals surface area contributed by atoms with E-state index in [1.54, 1.807) is 43.0 Å². The molecule has 0 amide bonds. The lowest BCUT2D eigenvalue weighted by Gasteiger charge is -2.13. The maximum Gasteiger partial charge on any atom is 0.233 e. The summed E-state index contributed by atoms with van der Waals surface area (Å²) >= 11 is 12.5. The zero-order valence-electron chi connectivity index (χ0n) is 17.4. The molecular weight excluding hydrogens is 463 g/mol. The van der Waals surface area contributed by atoms with Crippen LogP contribution in [-0.4, -0.2) is 45.1 Å². The van der Waals surface area contributed by atoms with E-state index in [9.17, 15) is 0 Å². The molecule has 3 aromatic heterocycles. The number of anilines is 2. The van der Waals surface area contributed by atoms with E-state index in [2.05, 4.69) is 35.6 Å². The van der Waals surface area contributed by atoms with E-state index in [-0.39, 0.29) is 5.88 Å². The molecule has 1 aromatic carbocycles. The van der Waals surface area contributed by atoms with Crippen LogP contribution in [-0.2, 0) is 0 Å². The topological polar surface area (TPSA) is 124 Å². The van der Waals surface area contributed by atoms with Crippen molar-refractivity contribution >= 4 is 35.0 Å². The normalized spacial score (nSPS) is 10.5. The number of nitrogens with zero attached hydrogens (tertiary/aromatic N) is 5. The second kappa shape index (κ2) is 10.2. The molecular formula is C22H18Cl2N8O. The fraction of sp³-hybridized carbons (Fsp3) is 0.136. The van der Waals surface area contributed by atoms with Gasteiger partial charge in [0, 0.05) is 35.4 Å². The minimum absolute atomic E-state index is 0.276. The number of nitrogens with one attached hydrogen (secondary N) is 3. The van der Waals surface area contributed by atoms with Crippen LogP contribution in [0.2, 0.25) is 10.0 Å². The zero-order valence-corrected chi connectivity index (χ0v) is 18.9. The van der Waals surface area contributed by atoms with Crippen LogP contribution in [0.5, 0.6) is 5.88 Å². The third-order valence-corrected chi connectivity index (χ3v) is 5.20. The van der Waals surface area contributed by atoms with E-state index < -0.39 is 0 Å². The number of hydrogen-bond donors (Lipinski definition) is 3. The maximum atomic E-state index is 9.06. The SMILES string of the molecule is COc1nc(NCCNc2ncc(-c3cnc[nH]3)c(-c3ccc(Cl)cc3Cl)n2)ccc1C#N. The lowest BCUT2D eigenvalue weighted by Crippen LogP contribution is -2.16. The van der Waals surface area contributed by atoms with E-state index in [4.69, 9.17) is 33.2 Å². The van der Waals surface area contributed by atoms with Crippen molar-refractivity contribution < 1.29 is 4.74 Å². The maximum absolute atomic E-state index is 9.06. The summed E-state index contributed by atoms with van der Waals surface area (Å²) in [6.07, 6.45) is 5.00. The molecule has 33 heavy (non-hydrogen) atoms. The van der Waals surface area contributed by atoms with Crippen molar-refractivity contribution in [2.45, 2.75) is 0 Å². The average Bonchev–Trinajstić information content (AvgIpc) is 3.36. The van der Waals surface area contributed by atoms with Crippen LogP contribution < -0.4 is 15.4 Å². The van der Waals surface area contributed by atoms with E-state index in [1.807, 2.05) is 12.1 Å². The number of hydrogen-bond acceptors (Lipinski definition) is 8. The molecule has 3 heterocycles. The van der Waals surface area contributed by atoms with Gasteiger partial charge in [-0.15, -0.1) is 0 Å². The first kappa shape index (κ1) is 22.3. The van der Waals surface area contributed by atoms with Crippen molar-refractivity contribution in [3.8, 4) is 34.5 Å². The summed E-state index contributed by atoms with van der Waals surface area (Å²) < 4.78 is 5.13. The lowest BCUT2D eigenvalue weighted by molar-refractivity contribution is 0.397. The molecule has 0 aliphatic heterocycles. The van der Waals surface area contributed by atoms with Gasteiger partial charge in [-0.1, -0.05) is 23.2 Å². The summed E-state index contributed by atoms with van der Waals surface area (Å²) in [5.74, 6) is 1.31. The Morgan fingerprint density at radius 3 is 2.64 bits per heavy atom. The fourth-order valence-corrected chi connectivity index (χ4v) is 3.60. The highest BCUT2D eigenvalue weighted by atomic mass is 35.5. The molecule has 3 N–H and O–H groups in total. The first-order valence-electron chi connectivity index (χ1n) is 9.83. The van der Waals surface area contributed by atoms with Crippen LogP contribution in [0.15, 0.2) is 49.1 Å². The Bertz CT molecular complexity index is 1300. The standard InChI is InChI=1S/C22H18Cl2N8O/c1-33-21-13(9-25)2-5-19(31-21)27-6-7-28-22-29-10-16(18-11-26-12-30-18)20(32-22)15-4-3-14(23)8-17(15)24/h2-5,8,10-12H,6-7H2,1H3,(H,26,30)(H,27,31)(H,28,29,32). The number of pyridine rings is 1. The van der Waals surface area contributed by atoms with E-state index in [0.717, 1.165) is 16.8 Å². The molecule has 11 heteroatoms. The van der Waals surface area contributed by atoms with Gasteiger partial charge in [-0.2, -0.15) is 10.2 Å². The van der Waals surface area contributed by atoms with Crippen LogP contribution >= 0.6 is 23.2 Å². The summed E-state index contributed by atoms with van der Waals surface area (Å²) in [5.41, 5.74) is 3.27. The molecule has 0 spiro atoms. The third kappa shape index (κ3) is 5.14. The lowest BCUT2D eigenvalue weighted by atomic mass is 10.1. The minimum atomic E-state index is 0.276. The van der Waals surface area contributed by atoms with Gasteiger partial charge in [-0.05, 0) is 30.3 Å². The van der Waals surface area contributed by atoms with Crippen LogP contribution in [0.1, 0.15) is 5.56 Å². The van der Waals surface area contributed by atoms with Gasteiger partial charge in [0.2, 0.25) is 11.8 Å². The summed E-state index contributed by atoms with van der Waals surface area (Å²) in [6.45, 7) is 1.05. The molecule has 166 valence electrons. The first-order chi connectivity index (χ1) is 16.1. The largest absolute Gasteiger partial charge is 0.480 e. The quantitative estimate of drug-likeness (QED) is 0.311. The molecule has 4 aromatic rings. The molecule has 9 nitrogen and oxygen atoms in total. The van der Waals surface area contributed by atoms with Gasteiger partial charge in [-0.3, -0.25) is 0 Å². The van der Waals surface area contributed by atoms with Crippen LogP contribution in [0.3, 0.4) is 0 Å². The van der Waals surface area contributed by atoms with Crippen molar-refractivity contribution in [1.29, 1.82) is 5.26 Å². The van der Waals surface area contributed by atoms with Crippen LogP contribution in [0.4, 0.5) is 11.8 Å². The van der Waals surface area contributed by atoms with E-state index >= 15 is 0 Å². The fourth-order valence-electron chi connectivity index (χ4n) is 3.10. The average molecular weight is 481 g/mol. The van der Waals surface area contributed by atoms with Gasteiger partial charge in [0.25, 0.3) is 0 Å². The molecule has 0 aliphatic carbocycles. The highest BCUT2D eigenvalue weighted by Gasteiger charge is 2.15. The highest BCUT2D eigenvalue weighted by molar-refractivity contribution is 6.36. The summed E-state index contributed by atoms with van der Waals surface area (Å²) in [4.78, 5) is 20.5. The van der Waals surface area contributed by atoms with Crippen molar-refractivity contribution in [3.63, 3.8) is 0 Å². The smallest absolute Gasteiger partial charge is 0.233 e. The summed E-state index contributed by atoms with van der Waals surface area (Å²) in [6, 6.07) is 10.7. The number of H-pyrrole nitrogens is 1. The van der Waals surface area contributed by atoms with Gasteiger partial charge in [0.05, 0.1) is 36.0 Å². The number of nitriles is 1. The molecule has 0 aliphatic rings. The molecule has 0 bridgehead atoms. The minimum Gasteiger partial charge on any atom is -0.480 e. The Labute approximate surface area is 199 Å². The van der Waals surface area contributed by atoms with Gasteiger partial charge >= 0.3 is 0 Å². The number of aromatic nitrogens is 5. The van der Waals surface area contributed by atoms with Crippen molar-refractivity contribution in [2.75, 3.05) is 30.8 Å². The Hall–Kier alpha value is -3.87. The first-order valence-corrected chi connectivity index (χ1v) is 10.6. The predicted molar refractivity (Wildman–Crippen MR) is 128 cm³/mol. The molecule has 0 saturated heterocycles. The van der Waals surface area contributed by atoms with Gasteiger partial charge < -0.3 is 20.4 Å². The Balaban J connectivity index is 1.50. The predicted octanol–water partition coefficient (Wildman–Crippen LogP) is 4.64. The zero-order chi connectivity index (χ0) is 23.2. The Morgan fingerprint density at radius 1 is 1.06 bits per heavy atom. The Morgan fingerprint density at radius 2 is 1.91 bits per heavy atom. The summed E-state index contributed by atoms with van der Waals surface area (Å²) in [7, 11) is 1.48.